The van der Waals surface area contributed by atoms with Crippen LogP contribution in [0.1, 0.15) is 25.3 Å². The highest BCUT2D eigenvalue weighted by molar-refractivity contribution is 5.78. The molecule has 1 aliphatic heterocycles. The minimum absolute atomic E-state index is 0.112. The van der Waals surface area contributed by atoms with Crippen LogP contribution in [0.5, 0.6) is 0 Å². The number of imidazole rings is 2. The van der Waals surface area contributed by atoms with Crippen molar-refractivity contribution in [3.8, 4) is 11.3 Å². The van der Waals surface area contributed by atoms with Gasteiger partial charge in [0.15, 0.2) is 11.2 Å². The molecule has 1 aliphatic rings. The number of nitrogens with zero attached hydrogens (tertiary/aromatic N) is 5. The van der Waals surface area contributed by atoms with Gasteiger partial charge in [-0.05, 0) is 30.4 Å². The molecule has 1 atom stereocenters. The van der Waals surface area contributed by atoms with Crippen molar-refractivity contribution in [1.82, 2.24) is 23.1 Å². The number of hydrogen-bond donors (Lipinski definition) is 0. The van der Waals surface area contributed by atoms with Crippen LogP contribution in [0.25, 0.3) is 28.2 Å². The minimum Gasteiger partial charge on any atom is -0.376 e. The fourth-order valence-corrected chi connectivity index (χ4v) is 4.33. The Balaban J connectivity index is 1.80. The molecule has 30 heavy (non-hydrogen) atoms. The number of aromatic nitrogens is 5. The number of rotatable bonds is 4. The van der Waals surface area contributed by atoms with E-state index in [4.69, 9.17) is 9.72 Å². The molecule has 156 valence electrons. The fourth-order valence-electron chi connectivity index (χ4n) is 4.33. The van der Waals surface area contributed by atoms with Crippen molar-refractivity contribution in [3.63, 3.8) is 0 Å². The summed E-state index contributed by atoms with van der Waals surface area (Å²) in [5.41, 5.74) is 3.39. The standard InChI is InChI=1S/C22H25N5O3/c1-4-14-7-9-15(10-8-14)17-13-27-18-19(24(2)22(29)25(3)20(18)28)23-21(27)26(17)12-16-6-5-11-30-16/h7-10,13,16H,4-6,11-12H2,1-3H3. The molecule has 1 unspecified atom stereocenters. The third-order valence-corrected chi connectivity index (χ3v) is 6.12. The first-order valence-corrected chi connectivity index (χ1v) is 10.4. The van der Waals surface area contributed by atoms with Gasteiger partial charge in [0, 0.05) is 26.9 Å². The molecule has 0 radical (unpaired) electrons. The molecule has 0 amide bonds. The summed E-state index contributed by atoms with van der Waals surface area (Å²) in [7, 11) is 3.14. The number of aryl methyl sites for hydroxylation is 2. The van der Waals surface area contributed by atoms with E-state index >= 15 is 0 Å². The average molecular weight is 407 g/mol. The molecular formula is C22H25N5O3. The summed E-state index contributed by atoms with van der Waals surface area (Å²) in [5.74, 6) is 0.647. The second-order valence-electron chi connectivity index (χ2n) is 7.97. The number of ether oxygens (including phenoxy) is 1. The monoisotopic (exact) mass is 407 g/mol. The van der Waals surface area contributed by atoms with Gasteiger partial charge < -0.3 is 9.30 Å². The van der Waals surface area contributed by atoms with Crippen LogP contribution in [0.3, 0.4) is 0 Å². The lowest BCUT2D eigenvalue weighted by atomic mass is 10.1. The zero-order chi connectivity index (χ0) is 21.0. The predicted molar refractivity (Wildman–Crippen MR) is 115 cm³/mol. The highest BCUT2D eigenvalue weighted by Gasteiger charge is 2.24. The van der Waals surface area contributed by atoms with Gasteiger partial charge in [-0.2, -0.15) is 4.98 Å². The zero-order valence-corrected chi connectivity index (χ0v) is 17.5. The zero-order valence-electron chi connectivity index (χ0n) is 17.5. The second-order valence-corrected chi connectivity index (χ2v) is 7.97. The van der Waals surface area contributed by atoms with Crippen molar-refractivity contribution in [2.75, 3.05) is 6.61 Å². The summed E-state index contributed by atoms with van der Waals surface area (Å²) in [4.78, 5) is 30.0. The van der Waals surface area contributed by atoms with Gasteiger partial charge in [-0.1, -0.05) is 31.2 Å². The molecule has 1 saturated heterocycles. The predicted octanol–water partition coefficient (Wildman–Crippen LogP) is 2.09. The molecule has 5 rings (SSSR count). The molecule has 1 aromatic carbocycles. The normalized spacial score (nSPS) is 16.8. The lowest BCUT2D eigenvalue weighted by molar-refractivity contribution is 0.0981. The van der Waals surface area contributed by atoms with Crippen molar-refractivity contribution in [2.45, 2.75) is 38.8 Å². The van der Waals surface area contributed by atoms with E-state index in [1.165, 1.54) is 17.2 Å². The Hall–Kier alpha value is -3.13. The maximum atomic E-state index is 12.9. The molecule has 0 saturated carbocycles. The fraction of sp³-hybridized carbons (Fsp3) is 0.409. The maximum Gasteiger partial charge on any atom is 0.332 e. The number of hydrogen-bond acceptors (Lipinski definition) is 4. The Morgan fingerprint density at radius 2 is 1.90 bits per heavy atom. The van der Waals surface area contributed by atoms with Gasteiger partial charge in [-0.15, -0.1) is 0 Å². The SMILES string of the molecule is CCc1ccc(-c2cn3c4c(=O)n(C)c(=O)n(C)c4nc3n2CC2CCCO2)cc1. The van der Waals surface area contributed by atoms with Crippen LogP contribution in [0.2, 0.25) is 0 Å². The Bertz CT molecular complexity index is 1360. The Morgan fingerprint density at radius 1 is 1.13 bits per heavy atom. The van der Waals surface area contributed by atoms with Gasteiger partial charge in [0.25, 0.3) is 5.56 Å². The van der Waals surface area contributed by atoms with Crippen LogP contribution < -0.4 is 11.2 Å². The first-order valence-electron chi connectivity index (χ1n) is 10.4. The van der Waals surface area contributed by atoms with Crippen molar-refractivity contribution in [3.05, 3.63) is 56.9 Å². The number of fused-ring (bicyclic) bond motifs is 3. The van der Waals surface area contributed by atoms with Crippen LogP contribution in [0.15, 0.2) is 40.1 Å². The first kappa shape index (κ1) is 18.9. The molecule has 0 spiro atoms. The van der Waals surface area contributed by atoms with E-state index in [-0.39, 0.29) is 17.4 Å². The molecular weight excluding hydrogens is 382 g/mol. The van der Waals surface area contributed by atoms with Gasteiger partial charge in [-0.25, -0.2) is 4.79 Å². The van der Waals surface area contributed by atoms with Gasteiger partial charge in [-0.3, -0.25) is 18.3 Å². The molecule has 1 fully saturated rings. The lowest BCUT2D eigenvalue weighted by Crippen LogP contribution is -2.37. The number of benzene rings is 1. The van der Waals surface area contributed by atoms with E-state index in [0.29, 0.717) is 23.5 Å². The van der Waals surface area contributed by atoms with E-state index in [1.807, 2.05) is 10.6 Å². The van der Waals surface area contributed by atoms with Crippen molar-refractivity contribution in [2.24, 2.45) is 14.1 Å². The van der Waals surface area contributed by atoms with Crippen LogP contribution in [-0.4, -0.2) is 35.8 Å². The molecule has 3 aromatic heterocycles. The largest absolute Gasteiger partial charge is 0.376 e. The van der Waals surface area contributed by atoms with Gasteiger partial charge in [0.2, 0.25) is 5.78 Å². The summed E-state index contributed by atoms with van der Waals surface area (Å²) in [6.07, 6.45) is 5.09. The van der Waals surface area contributed by atoms with E-state index in [0.717, 1.165) is 41.7 Å². The molecule has 0 aliphatic carbocycles. The van der Waals surface area contributed by atoms with E-state index in [9.17, 15) is 9.59 Å². The van der Waals surface area contributed by atoms with E-state index < -0.39 is 0 Å². The van der Waals surface area contributed by atoms with Gasteiger partial charge >= 0.3 is 5.69 Å². The average Bonchev–Trinajstić information content (AvgIpc) is 3.48. The molecule has 8 heteroatoms. The van der Waals surface area contributed by atoms with Crippen LogP contribution in [0, 0.1) is 0 Å². The minimum atomic E-state index is -0.380. The Morgan fingerprint density at radius 3 is 2.57 bits per heavy atom. The second kappa shape index (κ2) is 6.98. The molecule has 4 aromatic rings. The molecule has 0 N–H and O–H groups in total. The summed E-state index contributed by atoms with van der Waals surface area (Å²) in [6.45, 7) is 3.56. The van der Waals surface area contributed by atoms with E-state index in [2.05, 4.69) is 35.8 Å². The summed E-state index contributed by atoms with van der Waals surface area (Å²) < 4.78 is 12.4. The van der Waals surface area contributed by atoms with Crippen LogP contribution >= 0.6 is 0 Å². The van der Waals surface area contributed by atoms with Crippen molar-refractivity contribution < 1.29 is 4.74 Å². The maximum absolute atomic E-state index is 12.9. The highest BCUT2D eigenvalue weighted by Crippen LogP contribution is 2.28. The lowest BCUT2D eigenvalue weighted by Gasteiger charge is -2.14. The van der Waals surface area contributed by atoms with E-state index in [1.54, 1.807) is 7.05 Å². The smallest absolute Gasteiger partial charge is 0.332 e. The highest BCUT2D eigenvalue weighted by atomic mass is 16.5. The van der Waals surface area contributed by atoms with Crippen molar-refractivity contribution in [1.29, 1.82) is 0 Å². The molecule has 8 nitrogen and oxygen atoms in total. The third-order valence-electron chi connectivity index (χ3n) is 6.12. The van der Waals surface area contributed by atoms with Gasteiger partial charge in [0.1, 0.15) is 0 Å². The van der Waals surface area contributed by atoms with Crippen LogP contribution in [0.4, 0.5) is 0 Å². The summed E-state index contributed by atoms with van der Waals surface area (Å²) in [5, 5.41) is 0. The molecule has 0 bridgehead atoms. The van der Waals surface area contributed by atoms with Gasteiger partial charge in [0.05, 0.1) is 18.3 Å². The molecule has 4 heterocycles. The quantitative estimate of drug-likeness (QED) is 0.519. The topological polar surface area (TPSA) is 75.5 Å². The first-order chi connectivity index (χ1) is 14.5. The van der Waals surface area contributed by atoms with Crippen LogP contribution in [-0.2, 0) is 31.8 Å². The third kappa shape index (κ3) is 2.74. The summed E-state index contributed by atoms with van der Waals surface area (Å²) in [6, 6.07) is 8.47. The Labute approximate surface area is 173 Å². The summed E-state index contributed by atoms with van der Waals surface area (Å²) >= 11 is 0. The van der Waals surface area contributed by atoms with Crippen molar-refractivity contribution >= 4 is 16.9 Å². The Kier molecular flexibility index (Phi) is 4.39.